The average molecular weight is 239 g/mol. The van der Waals surface area contributed by atoms with Crippen LogP contribution in [0.5, 0.6) is 0 Å². The van der Waals surface area contributed by atoms with E-state index in [-0.39, 0.29) is 0 Å². The first-order chi connectivity index (χ1) is 7.77. The summed E-state index contributed by atoms with van der Waals surface area (Å²) in [5.41, 5.74) is 7.24. The minimum Gasteiger partial charge on any atom is -0.326 e. The highest BCUT2D eigenvalue weighted by Gasteiger charge is 2.20. The number of nitrogens with two attached hydrogens (primary N) is 1. The Kier molecular flexibility index (Phi) is 4.22. The topological polar surface area (TPSA) is 38.0 Å². The van der Waals surface area contributed by atoms with Crippen LogP contribution in [0.25, 0.3) is 0 Å². The molecular formula is C13H19ClN2. The predicted octanol–water partition coefficient (Wildman–Crippen LogP) is 2.70. The molecule has 1 aromatic rings. The molecule has 0 amide bonds. The van der Waals surface area contributed by atoms with Gasteiger partial charge in [-0.3, -0.25) is 0 Å². The van der Waals surface area contributed by atoms with E-state index >= 15 is 0 Å². The van der Waals surface area contributed by atoms with Crippen molar-refractivity contribution in [1.29, 1.82) is 0 Å². The first-order valence-electron chi connectivity index (χ1n) is 6.00. The van der Waals surface area contributed by atoms with Gasteiger partial charge >= 0.3 is 0 Å². The van der Waals surface area contributed by atoms with Gasteiger partial charge in [-0.05, 0) is 24.5 Å². The molecule has 2 nitrogen and oxygen atoms in total. The Morgan fingerprint density at radius 1 is 1.25 bits per heavy atom. The van der Waals surface area contributed by atoms with Crippen LogP contribution in [0.3, 0.4) is 0 Å². The molecule has 0 radical (unpaired) electrons. The third kappa shape index (κ3) is 2.97. The van der Waals surface area contributed by atoms with Gasteiger partial charge in [0.05, 0.1) is 0 Å². The van der Waals surface area contributed by atoms with Gasteiger partial charge in [-0.2, -0.15) is 0 Å². The van der Waals surface area contributed by atoms with Crippen molar-refractivity contribution in [3.8, 4) is 0 Å². The standard InChI is InChI=1S/C13H19ClN2/c14-11-6-2-1-5-10(11)9-16-13-8-4-3-7-12(13)15/h1-2,5-6,12-13,16H,3-4,7-9,15H2. The molecule has 0 aliphatic heterocycles. The van der Waals surface area contributed by atoms with E-state index in [4.69, 9.17) is 17.3 Å². The highest BCUT2D eigenvalue weighted by atomic mass is 35.5. The lowest BCUT2D eigenvalue weighted by Crippen LogP contribution is -2.46. The molecule has 0 saturated heterocycles. The fourth-order valence-electron chi connectivity index (χ4n) is 2.30. The van der Waals surface area contributed by atoms with Crippen molar-refractivity contribution < 1.29 is 0 Å². The van der Waals surface area contributed by atoms with Gasteiger partial charge in [0.1, 0.15) is 0 Å². The van der Waals surface area contributed by atoms with Gasteiger partial charge in [-0.25, -0.2) is 0 Å². The zero-order chi connectivity index (χ0) is 11.4. The summed E-state index contributed by atoms with van der Waals surface area (Å²) in [7, 11) is 0. The van der Waals surface area contributed by atoms with Gasteiger partial charge in [0, 0.05) is 23.7 Å². The van der Waals surface area contributed by atoms with E-state index in [9.17, 15) is 0 Å². The summed E-state index contributed by atoms with van der Waals surface area (Å²) in [6.07, 6.45) is 4.88. The Bertz CT molecular complexity index is 340. The second-order valence-corrected chi connectivity index (χ2v) is 4.93. The van der Waals surface area contributed by atoms with Crippen LogP contribution in [0, 0.1) is 0 Å². The first-order valence-corrected chi connectivity index (χ1v) is 6.37. The molecule has 2 atom stereocenters. The molecule has 88 valence electrons. The van der Waals surface area contributed by atoms with E-state index in [0.717, 1.165) is 23.6 Å². The molecule has 0 spiro atoms. The summed E-state index contributed by atoms with van der Waals surface area (Å²) >= 11 is 6.11. The molecule has 1 aliphatic carbocycles. The van der Waals surface area contributed by atoms with E-state index in [1.807, 2.05) is 18.2 Å². The van der Waals surface area contributed by atoms with Crippen LogP contribution >= 0.6 is 11.6 Å². The Morgan fingerprint density at radius 3 is 2.75 bits per heavy atom. The smallest absolute Gasteiger partial charge is 0.0450 e. The molecule has 1 fully saturated rings. The highest BCUT2D eigenvalue weighted by molar-refractivity contribution is 6.31. The van der Waals surface area contributed by atoms with Crippen LogP contribution in [0.1, 0.15) is 31.2 Å². The molecule has 0 bridgehead atoms. The van der Waals surface area contributed by atoms with Crippen molar-refractivity contribution in [2.24, 2.45) is 5.73 Å². The third-order valence-electron chi connectivity index (χ3n) is 3.33. The first kappa shape index (κ1) is 11.9. The van der Waals surface area contributed by atoms with Gasteiger partial charge in [0.15, 0.2) is 0 Å². The number of halogens is 1. The Labute approximate surface area is 102 Å². The monoisotopic (exact) mass is 238 g/mol. The quantitative estimate of drug-likeness (QED) is 0.850. The van der Waals surface area contributed by atoms with Crippen LogP contribution < -0.4 is 11.1 Å². The van der Waals surface area contributed by atoms with Crippen molar-refractivity contribution in [3.05, 3.63) is 34.9 Å². The highest BCUT2D eigenvalue weighted by Crippen LogP contribution is 2.19. The maximum atomic E-state index is 6.11. The van der Waals surface area contributed by atoms with E-state index in [2.05, 4.69) is 11.4 Å². The minimum atomic E-state index is 0.302. The van der Waals surface area contributed by atoms with Crippen LogP contribution in [0.4, 0.5) is 0 Å². The molecule has 2 unspecified atom stereocenters. The van der Waals surface area contributed by atoms with Gasteiger partial charge in [0.2, 0.25) is 0 Å². The Hall–Kier alpha value is -0.570. The molecular weight excluding hydrogens is 220 g/mol. The Balaban J connectivity index is 1.89. The van der Waals surface area contributed by atoms with E-state index < -0.39 is 0 Å². The number of hydrogen-bond acceptors (Lipinski definition) is 2. The molecule has 0 heterocycles. The SMILES string of the molecule is NC1CCCCC1NCc1ccccc1Cl. The van der Waals surface area contributed by atoms with Crippen molar-refractivity contribution in [2.75, 3.05) is 0 Å². The summed E-state index contributed by atoms with van der Waals surface area (Å²) < 4.78 is 0. The second-order valence-electron chi connectivity index (χ2n) is 4.53. The molecule has 1 aliphatic rings. The maximum absolute atomic E-state index is 6.11. The summed E-state index contributed by atoms with van der Waals surface area (Å²) in [4.78, 5) is 0. The fourth-order valence-corrected chi connectivity index (χ4v) is 2.50. The van der Waals surface area contributed by atoms with Crippen molar-refractivity contribution in [2.45, 2.75) is 44.3 Å². The average Bonchev–Trinajstić information content (AvgIpc) is 2.30. The van der Waals surface area contributed by atoms with Crippen LogP contribution in [0.2, 0.25) is 5.02 Å². The largest absolute Gasteiger partial charge is 0.326 e. The lowest BCUT2D eigenvalue weighted by molar-refractivity contribution is 0.326. The van der Waals surface area contributed by atoms with E-state index in [0.29, 0.717) is 12.1 Å². The van der Waals surface area contributed by atoms with E-state index in [1.165, 1.54) is 19.3 Å². The van der Waals surface area contributed by atoms with Gasteiger partial charge in [0.25, 0.3) is 0 Å². The van der Waals surface area contributed by atoms with Gasteiger partial charge in [-0.15, -0.1) is 0 Å². The molecule has 0 aromatic heterocycles. The number of nitrogens with one attached hydrogen (secondary N) is 1. The van der Waals surface area contributed by atoms with Crippen LogP contribution in [0.15, 0.2) is 24.3 Å². The third-order valence-corrected chi connectivity index (χ3v) is 3.70. The summed E-state index contributed by atoms with van der Waals surface area (Å²) in [5, 5.41) is 4.35. The molecule has 3 N–H and O–H groups in total. The minimum absolute atomic E-state index is 0.302. The normalized spacial score (nSPS) is 25.6. The fraction of sp³-hybridized carbons (Fsp3) is 0.538. The van der Waals surface area contributed by atoms with E-state index in [1.54, 1.807) is 0 Å². The number of benzene rings is 1. The van der Waals surface area contributed by atoms with Crippen molar-refractivity contribution in [3.63, 3.8) is 0 Å². The van der Waals surface area contributed by atoms with Gasteiger partial charge < -0.3 is 11.1 Å². The molecule has 2 rings (SSSR count). The summed E-state index contributed by atoms with van der Waals surface area (Å²) in [6.45, 7) is 0.818. The zero-order valence-corrected chi connectivity index (χ0v) is 10.2. The van der Waals surface area contributed by atoms with Crippen LogP contribution in [-0.4, -0.2) is 12.1 Å². The summed E-state index contributed by atoms with van der Waals surface area (Å²) in [5.74, 6) is 0. The predicted molar refractivity (Wildman–Crippen MR) is 68.5 cm³/mol. The van der Waals surface area contributed by atoms with Crippen molar-refractivity contribution >= 4 is 11.6 Å². The number of rotatable bonds is 3. The van der Waals surface area contributed by atoms with Gasteiger partial charge in [-0.1, -0.05) is 42.6 Å². The zero-order valence-electron chi connectivity index (χ0n) is 9.45. The lowest BCUT2D eigenvalue weighted by Gasteiger charge is -2.29. The number of hydrogen-bond donors (Lipinski definition) is 2. The molecule has 16 heavy (non-hydrogen) atoms. The maximum Gasteiger partial charge on any atom is 0.0450 e. The molecule has 1 aromatic carbocycles. The Morgan fingerprint density at radius 2 is 2.00 bits per heavy atom. The van der Waals surface area contributed by atoms with Crippen LogP contribution in [-0.2, 0) is 6.54 Å². The molecule has 1 saturated carbocycles. The summed E-state index contributed by atoms with van der Waals surface area (Å²) in [6, 6.07) is 8.71. The molecule has 3 heteroatoms. The lowest BCUT2D eigenvalue weighted by atomic mass is 9.91. The second kappa shape index (κ2) is 5.67. The van der Waals surface area contributed by atoms with Crippen molar-refractivity contribution in [1.82, 2.24) is 5.32 Å².